The number of hydrogen-bond donors (Lipinski definition) is 1. The molecule has 186 valence electrons. The molecule has 0 spiro atoms. The molecular formula is C28H38O6. The van der Waals surface area contributed by atoms with Gasteiger partial charge in [0.15, 0.2) is 5.78 Å². The van der Waals surface area contributed by atoms with Crippen LogP contribution in [-0.2, 0) is 23.9 Å². The van der Waals surface area contributed by atoms with Crippen molar-refractivity contribution in [2.24, 2.45) is 29.1 Å². The van der Waals surface area contributed by atoms with Gasteiger partial charge >= 0.3 is 11.9 Å². The lowest BCUT2D eigenvalue weighted by molar-refractivity contribution is -0.152. The zero-order valence-electron chi connectivity index (χ0n) is 21.0. The fourth-order valence-corrected chi connectivity index (χ4v) is 5.32. The Morgan fingerprint density at radius 2 is 1.97 bits per heavy atom. The Hall–Kier alpha value is -2.76. The van der Waals surface area contributed by atoms with Crippen LogP contribution in [0.4, 0.5) is 0 Å². The number of ketones is 1. The van der Waals surface area contributed by atoms with Crippen LogP contribution in [0.3, 0.4) is 0 Å². The maximum Gasteiger partial charge on any atom is 0.331 e. The lowest BCUT2D eigenvalue weighted by Gasteiger charge is -2.48. The Balaban J connectivity index is 2.20. The van der Waals surface area contributed by atoms with E-state index in [1.165, 1.54) is 12.2 Å². The number of hydrogen-bond acceptors (Lipinski definition) is 5. The molecule has 0 bridgehead atoms. The fourth-order valence-electron chi connectivity index (χ4n) is 5.32. The highest BCUT2D eigenvalue weighted by Gasteiger charge is 2.53. The van der Waals surface area contributed by atoms with Gasteiger partial charge in [-0.25, -0.2) is 4.79 Å². The first kappa shape index (κ1) is 27.5. The summed E-state index contributed by atoms with van der Waals surface area (Å²) in [6.07, 6.45) is 9.48. The third-order valence-corrected chi connectivity index (χ3v) is 7.42. The van der Waals surface area contributed by atoms with Gasteiger partial charge in [-0.05, 0) is 61.7 Å². The van der Waals surface area contributed by atoms with E-state index in [4.69, 9.17) is 4.74 Å². The van der Waals surface area contributed by atoms with E-state index in [1.54, 1.807) is 13.0 Å². The van der Waals surface area contributed by atoms with Gasteiger partial charge < -0.3 is 9.84 Å². The molecule has 34 heavy (non-hydrogen) atoms. The number of allylic oxidation sites excluding steroid dienone is 5. The third kappa shape index (κ3) is 6.43. The Kier molecular flexibility index (Phi) is 9.37. The van der Waals surface area contributed by atoms with Crippen molar-refractivity contribution in [3.05, 3.63) is 47.6 Å². The van der Waals surface area contributed by atoms with E-state index in [1.807, 2.05) is 6.92 Å². The predicted octanol–water partition coefficient (Wildman–Crippen LogP) is 5.24. The highest BCUT2D eigenvalue weighted by molar-refractivity contribution is 6.00. The van der Waals surface area contributed by atoms with Crippen molar-refractivity contribution in [2.45, 2.75) is 72.8 Å². The van der Waals surface area contributed by atoms with Crippen LogP contribution in [0.1, 0.15) is 66.7 Å². The number of carbonyl (C=O) groups excluding carboxylic acids is 3. The molecule has 0 aromatic carbocycles. The van der Waals surface area contributed by atoms with Crippen LogP contribution in [0, 0.1) is 29.1 Å². The smallest absolute Gasteiger partial charge is 0.331 e. The minimum Gasteiger partial charge on any atom is -0.481 e. The standard InChI is InChI=1S/C28H38O6/c1-7-17(2)12-19(4)13-18(3)8-11-26(31)34-25-10-9-22(27(32)33)28(6)15-21(20(5)16-29)24(30)14-23(25)28/h8,11,13-14,16-17,19,21-22,25H,5,7,9-10,12,15H2,1-4,6H3,(H,32,33)/b11-8+,18-13+/t17-,19+,21+,22+,25+,28+/m0/s1. The number of carboxylic acids is 1. The number of rotatable bonds is 10. The molecule has 0 aromatic heterocycles. The summed E-state index contributed by atoms with van der Waals surface area (Å²) >= 11 is 0. The topological polar surface area (TPSA) is 97.7 Å². The molecule has 1 N–H and O–H groups in total. The molecule has 1 saturated carbocycles. The van der Waals surface area contributed by atoms with E-state index in [0.717, 1.165) is 18.4 Å². The average Bonchev–Trinajstić information content (AvgIpc) is 2.77. The van der Waals surface area contributed by atoms with Crippen molar-refractivity contribution in [3.63, 3.8) is 0 Å². The molecule has 0 radical (unpaired) electrons. The summed E-state index contributed by atoms with van der Waals surface area (Å²) in [5.74, 6) is -2.26. The second-order valence-corrected chi connectivity index (χ2v) is 10.2. The van der Waals surface area contributed by atoms with Gasteiger partial charge in [0.2, 0.25) is 0 Å². The van der Waals surface area contributed by atoms with Crippen LogP contribution < -0.4 is 0 Å². The number of carbonyl (C=O) groups is 4. The second kappa shape index (κ2) is 11.6. The third-order valence-electron chi connectivity index (χ3n) is 7.42. The first-order valence-corrected chi connectivity index (χ1v) is 12.1. The largest absolute Gasteiger partial charge is 0.481 e. The molecule has 0 aromatic rings. The normalized spacial score (nSPS) is 29.1. The van der Waals surface area contributed by atoms with E-state index < -0.39 is 35.3 Å². The number of esters is 1. The Morgan fingerprint density at radius 3 is 2.56 bits per heavy atom. The highest BCUT2D eigenvalue weighted by atomic mass is 16.5. The zero-order chi connectivity index (χ0) is 25.6. The second-order valence-electron chi connectivity index (χ2n) is 10.2. The van der Waals surface area contributed by atoms with Gasteiger partial charge in [0, 0.05) is 11.5 Å². The molecule has 0 aliphatic heterocycles. The van der Waals surface area contributed by atoms with Crippen molar-refractivity contribution in [3.8, 4) is 0 Å². The maximum absolute atomic E-state index is 12.7. The van der Waals surface area contributed by atoms with Gasteiger partial charge in [-0.15, -0.1) is 0 Å². The lowest BCUT2D eigenvalue weighted by atomic mass is 9.56. The summed E-state index contributed by atoms with van der Waals surface area (Å²) in [5, 5.41) is 9.82. The van der Waals surface area contributed by atoms with Crippen LogP contribution in [0.2, 0.25) is 0 Å². The van der Waals surface area contributed by atoms with E-state index in [9.17, 15) is 24.3 Å². The van der Waals surface area contributed by atoms with Crippen LogP contribution in [0.15, 0.2) is 47.6 Å². The molecule has 0 amide bonds. The number of ether oxygens (including phenoxy) is 1. The van der Waals surface area contributed by atoms with Crippen molar-refractivity contribution < 1.29 is 29.0 Å². The molecule has 2 rings (SSSR count). The number of carboxylic acid groups (broad SMARTS) is 1. The lowest BCUT2D eigenvalue weighted by Crippen LogP contribution is -2.49. The number of aliphatic carboxylic acids is 1. The average molecular weight is 471 g/mol. The summed E-state index contributed by atoms with van der Waals surface area (Å²) in [4.78, 5) is 48.5. The SMILES string of the molecule is C=C(C=O)[C@H]1C[C@@]2(C)C(=CC1=O)[C@H](OC(=O)/C=C/C(C)=C/[C@H](C)C[C@@H](C)CC)CC[C@@H]2C(=O)O. The molecule has 0 unspecified atom stereocenters. The van der Waals surface area contributed by atoms with Crippen LogP contribution in [0.25, 0.3) is 0 Å². The molecule has 6 heteroatoms. The Bertz CT molecular complexity index is 923. The van der Waals surface area contributed by atoms with Gasteiger partial charge in [-0.2, -0.15) is 0 Å². The molecule has 0 saturated heterocycles. The first-order chi connectivity index (χ1) is 15.9. The van der Waals surface area contributed by atoms with E-state index in [-0.39, 0.29) is 17.8 Å². The Labute approximate surface area is 202 Å². The van der Waals surface area contributed by atoms with Gasteiger partial charge in [0.05, 0.1) is 11.8 Å². The predicted molar refractivity (Wildman–Crippen MR) is 131 cm³/mol. The number of aldehydes is 1. The van der Waals surface area contributed by atoms with Gasteiger partial charge in [0.25, 0.3) is 0 Å². The van der Waals surface area contributed by atoms with Crippen molar-refractivity contribution in [2.75, 3.05) is 0 Å². The molecule has 0 heterocycles. The Morgan fingerprint density at radius 1 is 1.29 bits per heavy atom. The van der Waals surface area contributed by atoms with Crippen molar-refractivity contribution >= 4 is 24.0 Å². The zero-order valence-corrected chi connectivity index (χ0v) is 21.0. The summed E-state index contributed by atoms with van der Waals surface area (Å²) in [6.45, 7) is 13.9. The minimum absolute atomic E-state index is 0.137. The molecule has 6 nitrogen and oxygen atoms in total. The summed E-state index contributed by atoms with van der Waals surface area (Å²) < 4.78 is 5.70. The van der Waals surface area contributed by atoms with Gasteiger partial charge in [0.1, 0.15) is 12.4 Å². The monoisotopic (exact) mass is 470 g/mol. The van der Waals surface area contributed by atoms with E-state index >= 15 is 0 Å². The van der Waals surface area contributed by atoms with E-state index in [2.05, 4.69) is 33.4 Å². The van der Waals surface area contributed by atoms with Crippen LogP contribution in [-0.4, -0.2) is 35.2 Å². The first-order valence-electron chi connectivity index (χ1n) is 12.1. The van der Waals surface area contributed by atoms with Gasteiger partial charge in [-0.1, -0.05) is 58.4 Å². The summed E-state index contributed by atoms with van der Waals surface area (Å²) in [6, 6.07) is 0. The summed E-state index contributed by atoms with van der Waals surface area (Å²) in [7, 11) is 0. The minimum atomic E-state index is -0.963. The van der Waals surface area contributed by atoms with Crippen LogP contribution >= 0.6 is 0 Å². The molecule has 6 atom stereocenters. The molecule has 2 aliphatic carbocycles. The van der Waals surface area contributed by atoms with E-state index in [0.29, 0.717) is 36.5 Å². The van der Waals surface area contributed by atoms with Crippen molar-refractivity contribution in [1.82, 2.24) is 0 Å². The molecule has 2 aliphatic rings. The van der Waals surface area contributed by atoms with Crippen molar-refractivity contribution in [1.29, 1.82) is 0 Å². The quantitative estimate of drug-likeness (QED) is 0.203. The number of fused-ring (bicyclic) bond motifs is 1. The maximum atomic E-state index is 12.7. The van der Waals surface area contributed by atoms with Gasteiger partial charge in [-0.3, -0.25) is 14.4 Å². The molecule has 1 fully saturated rings. The van der Waals surface area contributed by atoms with Crippen LogP contribution in [0.5, 0.6) is 0 Å². The highest BCUT2D eigenvalue weighted by Crippen LogP contribution is 2.53. The fraction of sp³-hybridized carbons (Fsp3) is 0.571. The molecular weight excluding hydrogens is 432 g/mol. The summed E-state index contributed by atoms with van der Waals surface area (Å²) in [5.41, 5.74) is 0.707.